The van der Waals surface area contributed by atoms with E-state index in [0.29, 0.717) is 6.61 Å². The Bertz CT molecular complexity index is 536. The molecule has 0 heterocycles. The van der Waals surface area contributed by atoms with Gasteiger partial charge in [0.05, 0.1) is 6.61 Å². The molecule has 0 aliphatic rings. The molecule has 2 aromatic rings. The highest BCUT2D eigenvalue weighted by atomic mass is 16.5. The Labute approximate surface area is 115 Å². The van der Waals surface area contributed by atoms with Crippen LogP contribution in [0.5, 0.6) is 5.75 Å². The lowest BCUT2D eigenvalue weighted by atomic mass is 9.96. The summed E-state index contributed by atoms with van der Waals surface area (Å²) in [5.74, 6) is 0.895. The van der Waals surface area contributed by atoms with Gasteiger partial charge in [0.25, 0.3) is 0 Å². The van der Waals surface area contributed by atoms with Crippen molar-refractivity contribution in [1.29, 1.82) is 0 Å². The molecule has 0 bridgehead atoms. The first-order valence-electron chi connectivity index (χ1n) is 6.74. The molecule has 0 saturated carbocycles. The summed E-state index contributed by atoms with van der Waals surface area (Å²) in [6, 6.07) is 16.4. The summed E-state index contributed by atoms with van der Waals surface area (Å²) in [4.78, 5) is 0. The van der Waals surface area contributed by atoms with Crippen LogP contribution in [-0.2, 0) is 6.42 Å². The molecule has 0 aliphatic carbocycles. The summed E-state index contributed by atoms with van der Waals surface area (Å²) in [7, 11) is 0. The van der Waals surface area contributed by atoms with Crippen molar-refractivity contribution in [1.82, 2.24) is 0 Å². The second kappa shape index (κ2) is 6.39. The summed E-state index contributed by atoms with van der Waals surface area (Å²) < 4.78 is 5.65. The largest absolute Gasteiger partial charge is 0.494 e. The van der Waals surface area contributed by atoms with Crippen LogP contribution in [0.1, 0.15) is 29.7 Å². The molecular formula is C17H21NO. The van der Waals surface area contributed by atoms with Crippen LogP contribution in [0.4, 0.5) is 0 Å². The van der Waals surface area contributed by atoms with Crippen LogP contribution in [-0.4, -0.2) is 6.61 Å². The molecule has 0 radical (unpaired) electrons. The third-order valence-electron chi connectivity index (χ3n) is 3.32. The van der Waals surface area contributed by atoms with Gasteiger partial charge in [-0.15, -0.1) is 0 Å². The highest BCUT2D eigenvalue weighted by Crippen LogP contribution is 2.26. The average molecular weight is 255 g/mol. The van der Waals surface area contributed by atoms with Crippen molar-refractivity contribution in [3.8, 4) is 5.75 Å². The lowest BCUT2D eigenvalue weighted by Gasteiger charge is -2.17. The standard InChI is InChI=1S/C17H21NO/c1-3-19-17-11-7-6-10-15(17)16(18)12-14-9-5-4-8-13(14)2/h4-11,16H,3,12,18H2,1-2H3. The van der Waals surface area contributed by atoms with Crippen LogP contribution >= 0.6 is 0 Å². The van der Waals surface area contributed by atoms with Gasteiger partial charge in [-0.3, -0.25) is 0 Å². The fraction of sp³-hybridized carbons (Fsp3) is 0.294. The number of para-hydroxylation sites is 1. The van der Waals surface area contributed by atoms with Gasteiger partial charge in [-0.25, -0.2) is 0 Å². The predicted octanol–water partition coefficient (Wildman–Crippen LogP) is 3.64. The van der Waals surface area contributed by atoms with Crippen molar-refractivity contribution in [2.24, 2.45) is 5.73 Å². The van der Waals surface area contributed by atoms with Crippen LogP contribution in [0.2, 0.25) is 0 Å². The number of hydrogen-bond acceptors (Lipinski definition) is 2. The average Bonchev–Trinajstić information content (AvgIpc) is 2.42. The van der Waals surface area contributed by atoms with Crippen molar-refractivity contribution >= 4 is 0 Å². The van der Waals surface area contributed by atoms with Gasteiger partial charge in [0.1, 0.15) is 5.75 Å². The molecule has 1 unspecified atom stereocenters. The van der Waals surface area contributed by atoms with E-state index < -0.39 is 0 Å². The Kier molecular flexibility index (Phi) is 4.58. The van der Waals surface area contributed by atoms with Gasteiger partial charge in [0.15, 0.2) is 0 Å². The van der Waals surface area contributed by atoms with Gasteiger partial charge in [0.2, 0.25) is 0 Å². The Morgan fingerprint density at radius 2 is 1.74 bits per heavy atom. The first-order chi connectivity index (χ1) is 9.22. The minimum atomic E-state index is -0.0381. The molecule has 2 heteroatoms. The minimum absolute atomic E-state index is 0.0381. The molecule has 2 aromatic carbocycles. The third kappa shape index (κ3) is 3.36. The lowest BCUT2D eigenvalue weighted by Crippen LogP contribution is -2.15. The maximum absolute atomic E-state index is 6.35. The monoisotopic (exact) mass is 255 g/mol. The molecule has 0 saturated heterocycles. The Balaban J connectivity index is 2.20. The lowest BCUT2D eigenvalue weighted by molar-refractivity contribution is 0.334. The van der Waals surface area contributed by atoms with Crippen LogP contribution < -0.4 is 10.5 Å². The van der Waals surface area contributed by atoms with E-state index in [1.54, 1.807) is 0 Å². The molecule has 0 aliphatic heterocycles. The molecular weight excluding hydrogens is 234 g/mol. The van der Waals surface area contributed by atoms with E-state index in [1.165, 1.54) is 11.1 Å². The fourth-order valence-electron chi connectivity index (χ4n) is 2.26. The summed E-state index contributed by atoms with van der Waals surface area (Å²) in [5, 5.41) is 0. The highest BCUT2D eigenvalue weighted by Gasteiger charge is 2.13. The van der Waals surface area contributed by atoms with Gasteiger partial charge < -0.3 is 10.5 Å². The third-order valence-corrected chi connectivity index (χ3v) is 3.32. The summed E-state index contributed by atoms with van der Waals surface area (Å²) in [5.41, 5.74) is 10.0. The Hall–Kier alpha value is -1.80. The molecule has 0 aromatic heterocycles. The van der Waals surface area contributed by atoms with E-state index in [9.17, 15) is 0 Å². The van der Waals surface area contributed by atoms with E-state index in [-0.39, 0.29) is 6.04 Å². The number of rotatable bonds is 5. The van der Waals surface area contributed by atoms with E-state index in [2.05, 4.69) is 31.2 Å². The highest BCUT2D eigenvalue weighted by molar-refractivity contribution is 5.37. The number of benzene rings is 2. The predicted molar refractivity (Wildman–Crippen MR) is 79.4 cm³/mol. The molecule has 0 amide bonds. The molecule has 1 atom stereocenters. The molecule has 100 valence electrons. The Morgan fingerprint density at radius 1 is 1.05 bits per heavy atom. The zero-order valence-corrected chi connectivity index (χ0v) is 11.6. The number of hydrogen-bond donors (Lipinski definition) is 1. The topological polar surface area (TPSA) is 35.2 Å². The zero-order chi connectivity index (χ0) is 13.7. The van der Waals surface area contributed by atoms with Gasteiger partial charge >= 0.3 is 0 Å². The van der Waals surface area contributed by atoms with Crippen molar-refractivity contribution in [2.45, 2.75) is 26.3 Å². The second-order valence-corrected chi connectivity index (χ2v) is 4.71. The van der Waals surface area contributed by atoms with E-state index in [1.807, 2.05) is 31.2 Å². The summed E-state index contributed by atoms with van der Waals surface area (Å²) in [6.07, 6.45) is 0.830. The van der Waals surface area contributed by atoms with Crippen LogP contribution in [0, 0.1) is 6.92 Å². The quantitative estimate of drug-likeness (QED) is 0.885. The summed E-state index contributed by atoms with van der Waals surface area (Å²) >= 11 is 0. The van der Waals surface area contributed by atoms with Gasteiger partial charge in [-0.1, -0.05) is 42.5 Å². The van der Waals surface area contributed by atoms with Crippen molar-refractivity contribution < 1.29 is 4.74 Å². The Morgan fingerprint density at radius 3 is 2.47 bits per heavy atom. The normalized spacial score (nSPS) is 12.2. The van der Waals surface area contributed by atoms with E-state index >= 15 is 0 Å². The second-order valence-electron chi connectivity index (χ2n) is 4.71. The van der Waals surface area contributed by atoms with Crippen LogP contribution in [0.25, 0.3) is 0 Å². The summed E-state index contributed by atoms with van der Waals surface area (Å²) in [6.45, 7) is 4.77. The molecule has 2 rings (SSSR count). The smallest absolute Gasteiger partial charge is 0.124 e. The maximum atomic E-state index is 6.35. The maximum Gasteiger partial charge on any atom is 0.124 e. The molecule has 0 spiro atoms. The first-order valence-corrected chi connectivity index (χ1v) is 6.74. The number of aryl methyl sites for hydroxylation is 1. The number of ether oxygens (including phenoxy) is 1. The molecule has 0 fully saturated rings. The molecule has 2 nitrogen and oxygen atoms in total. The van der Waals surface area contributed by atoms with Gasteiger partial charge in [0, 0.05) is 11.6 Å². The fourth-order valence-corrected chi connectivity index (χ4v) is 2.26. The van der Waals surface area contributed by atoms with E-state index in [0.717, 1.165) is 17.7 Å². The number of nitrogens with two attached hydrogens (primary N) is 1. The first kappa shape index (κ1) is 13.6. The van der Waals surface area contributed by atoms with Gasteiger partial charge in [-0.2, -0.15) is 0 Å². The molecule has 2 N–H and O–H groups in total. The zero-order valence-electron chi connectivity index (χ0n) is 11.6. The van der Waals surface area contributed by atoms with Crippen molar-refractivity contribution in [3.63, 3.8) is 0 Å². The minimum Gasteiger partial charge on any atom is -0.494 e. The van der Waals surface area contributed by atoms with Crippen molar-refractivity contribution in [2.75, 3.05) is 6.61 Å². The molecule has 19 heavy (non-hydrogen) atoms. The van der Waals surface area contributed by atoms with Crippen LogP contribution in [0.3, 0.4) is 0 Å². The van der Waals surface area contributed by atoms with E-state index in [4.69, 9.17) is 10.5 Å². The van der Waals surface area contributed by atoms with Gasteiger partial charge in [-0.05, 0) is 37.5 Å². The van der Waals surface area contributed by atoms with Crippen LogP contribution in [0.15, 0.2) is 48.5 Å². The van der Waals surface area contributed by atoms with Crippen molar-refractivity contribution in [3.05, 3.63) is 65.2 Å². The SMILES string of the molecule is CCOc1ccccc1C(N)Cc1ccccc1C.